The molecule has 3 aliphatic rings. The third-order valence-corrected chi connectivity index (χ3v) is 8.84. The highest BCUT2D eigenvalue weighted by molar-refractivity contribution is 5.79. The number of hydrogen-bond acceptors (Lipinski definition) is 6. The molecule has 6 rings (SSSR count). The Morgan fingerprint density at radius 1 is 1.00 bits per heavy atom. The van der Waals surface area contributed by atoms with E-state index in [-0.39, 0.29) is 11.7 Å². The van der Waals surface area contributed by atoms with Gasteiger partial charge in [-0.2, -0.15) is 0 Å². The minimum absolute atomic E-state index is 0.0815. The van der Waals surface area contributed by atoms with Gasteiger partial charge in [-0.3, -0.25) is 4.79 Å². The summed E-state index contributed by atoms with van der Waals surface area (Å²) in [5, 5.41) is 6.89. The van der Waals surface area contributed by atoms with Crippen molar-refractivity contribution in [1.82, 2.24) is 20.1 Å². The number of H-pyrrole nitrogens is 1. The molecule has 1 aromatic heterocycles. The fourth-order valence-electron chi connectivity index (χ4n) is 6.48. The quantitative estimate of drug-likeness (QED) is 0.379. The Labute approximate surface area is 237 Å². The molecule has 4 heterocycles. The topological polar surface area (TPSA) is 66.6 Å². The summed E-state index contributed by atoms with van der Waals surface area (Å²) in [7, 11) is 4.07. The fraction of sp³-hybridized carbons (Fsp3) is 0.424. The second-order valence-corrected chi connectivity index (χ2v) is 11.6. The van der Waals surface area contributed by atoms with E-state index in [1.807, 2.05) is 32.6 Å². The summed E-state index contributed by atoms with van der Waals surface area (Å²) in [4.78, 5) is 23.4. The molecule has 7 nitrogen and oxygen atoms in total. The molecule has 2 saturated heterocycles. The van der Waals surface area contributed by atoms with Crippen molar-refractivity contribution in [3.05, 3.63) is 88.0 Å². The van der Waals surface area contributed by atoms with Crippen LogP contribution in [0, 0.1) is 0 Å². The van der Waals surface area contributed by atoms with Gasteiger partial charge in [0, 0.05) is 49.8 Å². The van der Waals surface area contributed by atoms with Crippen LogP contribution in [-0.4, -0.2) is 67.6 Å². The SMILES string of the molecule is CN(C)c1cccc(-c2c[nH]c(=O)c3c2C=CNC3Nc2ccc(CCN3CCC(N4CCCC4)CC3)cc2)c1. The van der Waals surface area contributed by atoms with Gasteiger partial charge in [0.25, 0.3) is 5.56 Å². The fourth-order valence-corrected chi connectivity index (χ4v) is 6.48. The minimum atomic E-state index is -0.316. The molecule has 40 heavy (non-hydrogen) atoms. The largest absolute Gasteiger partial charge is 0.378 e. The summed E-state index contributed by atoms with van der Waals surface area (Å²) in [6.45, 7) is 6.18. The van der Waals surface area contributed by atoms with Gasteiger partial charge in [-0.15, -0.1) is 0 Å². The Balaban J connectivity index is 1.09. The van der Waals surface area contributed by atoms with E-state index in [0.29, 0.717) is 5.56 Å². The lowest BCUT2D eigenvalue weighted by atomic mass is 9.94. The highest BCUT2D eigenvalue weighted by Gasteiger charge is 2.26. The maximum absolute atomic E-state index is 13.0. The zero-order chi connectivity index (χ0) is 27.5. The molecular weight excluding hydrogens is 496 g/mol. The van der Waals surface area contributed by atoms with Crippen LogP contribution in [0.15, 0.2) is 65.7 Å². The zero-order valence-electron chi connectivity index (χ0n) is 23.8. The smallest absolute Gasteiger partial charge is 0.255 e. The Hall–Kier alpha value is -3.55. The molecule has 2 aromatic carbocycles. The van der Waals surface area contributed by atoms with E-state index in [4.69, 9.17) is 0 Å². The lowest BCUT2D eigenvalue weighted by molar-refractivity contribution is 0.128. The number of rotatable bonds is 8. The number of benzene rings is 2. The van der Waals surface area contributed by atoms with Gasteiger partial charge in [-0.25, -0.2) is 0 Å². The van der Waals surface area contributed by atoms with Gasteiger partial charge in [0.15, 0.2) is 0 Å². The number of nitrogens with zero attached hydrogens (tertiary/aromatic N) is 3. The number of hydrogen-bond donors (Lipinski definition) is 3. The number of likely N-dealkylation sites (tertiary alicyclic amines) is 2. The molecule has 0 spiro atoms. The van der Waals surface area contributed by atoms with Gasteiger partial charge in [-0.1, -0.05) is 24.3 Å². The van der Waals surface area contributed by atoms with Crippen LogP contribution in [0.1, 0.15) is 48.5 Å². The first-order chi connectivity index (χ1) is 19.5. The Morgan fingerprint density at radius 3 is 2.52 bits per heavy atom. The summed E-state index contributed by atoms with van der Waals surface area (Å²) in [5.74, 6) is 0. The molecule has 2 fully saturated rings. The van der Waals surface area contributed by atoms with E-state index in [1.165, 1.54) is 57.4 Å². The molecule has 7 heteroatoms. The van der Waals surface area contributed by atoms with Gasteiger partial charge < -0.3 is 30.3 Å². The average molecular weight is 539 g/mol. The first-order valence-electron chi connectivity index (χ1n) is 14.8. The molecule has 1 unspecified atom stereocenters. The molecule has 210 valence electrons. The number of aromatic nitrogens is 1. The van der Waals surface area contributed by atoms with Crippen LogP contribution in [0.25, 0.3) is 17.2 Å². The van der Waals surface area contributed by atoms with Crippen LogP contribution in [-0.2, 0) is 6.42 Å². The summed E-state index contributed by atoms with van der Waals surface area (Å²) in [5.41, 5.74) is 7.13. The van der Waals surface area contributed by atoms with Gasteiger partial charge in [0.1, 0.15) is 6.17 Å². The maximum atomic E-state index is 13.0. The van der Waals surface area contributed by atoms with E-state index in [0.717, 1.165) is 47.1 Å². The highest BCUT2D eigenvalue weighted by Crippen LogP contribution is 2.32. The molecule has 0 bridgehead atoms. The van der Waals surface area contributed by atoms with Crippen molar-refractivity contribution >= 4 is 17.5 Å². The van der Waals surface area contributed by atoms with Crippen molar-refractivity contribution < 1.29 is 0 Å². The standard InChI is InChI=1S/C33H42N6O/c1-37(2)28-7-5-6-25(22-28)30-23-35-33(40)31-29(30)12-16-34-32(31)36-26-10-8-24(9-11-26)13-19-38-20-14-27(15-21-38)39-17-3-4-18-39/h5-12,16,22-23,27,32,34,36H,3-4,13-15,17-21H2,1-2H3,(H,35,40). The monoisotopic (exact) mass is 538 g/mol. The number of aromatic amines is 1. The van der Waals surface area contributed by atoms with Crippen LogP contribution in [0.4, 0.5) is 11.4 Å². The van der Waals surface area contributed by atoms with Crippen molar-refractivity contribution in [2.24, 2.45) is 0 Å². The highest BCUT2D eigenvalue weighted by atomic mass is 16.1. The zero-order valence-corrected chi connectivity index (χ0v) is 23.8. The third kappa shape index (κ3) is 5.81. The van der Waals surface area contributed by atoms with Gasteiger partial charge in [0.05, 0.1) is 5.56 Å². The van der Waals surface area contributed by atoms with Crippen LogP contribution in [0.2, 0.25) is 0 Å². The second-order valence-electron chi connectivity index (χ2n) is 11.6. The molecule has 0 amide bonds. The molecule has 0 saturated carbocycles. The van der Waals surface area contributed by atoms with Crippen molar-refractivity contribution in [2.45, 2.75) is 44.3 Å². The van der Waals surface area contributed by atoms with Crippen molar-refractivity contribution in [3.8, 4) is 11.1 Å². The first-order valence-corrected chi connectivity index (χ1v) is 14.8. The van der Waals surface area contributed by atoms with E-state index in [2.05, 4.69) is 78.8 Å². The lowest BCUT2D eigenvalue weighted by Gasteiger charge is -2.36. The molecule has 1 atom stereocenters. The number of pyridine rings is 1. The molecule has 0 aliphatic carbocycles. The maximum Gasteiger partial charge on any atom is 0.255 e. The van der Waals surface area contributed by atoms with Crippen molar-refractivity contribution in [1.29, 1.82) is 0 Å². The summed E-state index contributed by atoms with van der Waals surface area (Å²) in [6.07, 6.45) is 11.9. The van der Waals surface area contributed by atoms with E-state index in [1.54, 1.807) is 0 Å². The number of piperidine rings is 1. The van der Waals surface area contributed by atoms with Gasteiger partial charge in [0.2, 0.25) is 0 Å². The lowest BCUT2D eigenvalue weighted by Crippen LogP contribution is -2.44. The number of anilines is 2. The van der Waals surface area contributed by atoms with Crippen molar-refractivity contribution in [2.75, 3.05) is 57.0 Å². The molecule has 3 aromatic rings. The normalized spacial score (nSPS) is 19.8. The Kier molecular flexibility index (Phi) is 7.93. The number of fused-ring (bicyclic) bond motifs is 1. The predicted octanol–water partition coefficient (Wildman–Crippen LogP) is 4.90. The van der Waals surface area contributed by atoms with E-state index in [9.17, 15) is 4.79 Å². The molecule has 0 radical (unpaired) electrons. The molecular formula is C33H42N6O. The van der Waals surface area contributed by atoms with Gasteiger partial charge in [-0.05, 0) is 112 Å². The van der Waals surface area contributed by atoms with E-state index >= 15 is 0 Å². The first kappa shape index (κ1) is 26.7. The van der Waals surface area contributed by atoms with Crippen LogP contribution in [0.3, 0.4) is 0 Å². The third-order valence-electron chi connectivity index (χ3n) is 8.84. The molecule has 3 aliphatic heterocycles. The summed E-state index contributed by atoms with van der Waals surface area (Å²) in [6, 6.07) is 17.9. The summed E-state index contributed by atoms with van der Waals surface area (Å²) < 4.78 is 0. The average Bonchev–Trinajstić information content (AvgIpc) is 3.53. The minimum Gasteiger partial charge on any atom is -0.378 e. The van der Waals surface area contributed by atoms with Crippen LogP contribution >= 0.6 is 0 Å². The second kappa shape index (κ2) is 11.9. The van der Waals surface area contributed by atoms with Crippen LogP contribution < -0.4 is 21.1 Å². The Morgan fingerprint density at radius 2 is 1.77 bits per heavy atom. The van der Waals surface area contributed by atoms with Crippen molar-refractivity contribution in [3.63, 3.8) is 0 Å². The van der Waals surface area contributed by atoms with Gasteiger partial charge >= 0.3 is 0 Å². The molecule has 3 N–H and O–H groups in total. The van der Waals surface area contributed by atoms with E-state index < -0.39 is 0 Å². The Bertz CT molecular complexity index is 1380. The van der Waals surface area contributed by atoms with Crippen LogP contribution in [0.5, 0.6) is 0 Å². The summed E-state index contributed by atoms with van der Waals surface area (Å²) >= 11 is 0. The number of nitrogens with one attached hydrogen (secondary N) is 3. The predicted molar refractivity (Wildman–Crippen MR) is 166 cm³/mol.